The Balaban J connectivity index is 1.98. The van der Waals surface area contributed by atoms with Gasteiger partial charge in [0.15, 0.2) is 0 Å². The number of aromatic nitrogens is 3. The largest absolute Gasteiger partial charge is 0.333 e. The first-order valence-corrected chi connectivity index (χ1v) is 6.29. The number of thiazole rings is 1. The lowest BCUT2D eigenvalue weighted by Crippen LogP contribution is -1.74. The first-order valence-electron chi connectivity index (χ1n) is 4.59. The molecular formula is C10H4N4OS2. The van der Waals surface area contributed by atoms with Crippen molar-refractivity contribution >= 4 is 22.7 Å². The van der Waals surface area contributed by atoms with Crippen LogP contribution in [0, 0.1) is 11.3 Å². The van der Waals surface area contributed by atoms with E-state index in [0.29, 0.717) is 16.6 Å². The Hall–Kier alpha value is -2.04. The van der Waals surface area contributed by atoms with Gasteiger partial charge in [-0.3, -0.25) is 4.98 Å². The Morgan fingerprint density at radius 1 is 1.29 bits per heavy atom. The van der Waals surface area contributed by atoms with Crippen LogP contribution in [-0.2, 0) is 0 Å². The van der Waals surface area contributed by atoms with Gasteiger partial charge in [-0.2, -0.15) is 10.2 Å². The van der Waals surface area contributed by atoms with Crippen LogP contribution in [0.4, 0.5) is 0 Å². The molecule has 3 aromatic heterocycles. The summed E-state index contributed by atoms with van der Waals surface area (Å²) in [6.45, 7) is 0. The summed E-state index contributed by atoms with van der Waals surface area (Å²) in [5, 5.41) is 12.6. The van der Waals surface area contributed by atoms with Crippen molar-refractivity contribution in [3.05, 3.63) is 28.7 Å². The topological polar surface area (TPSA) is 75.6 Å². The number of rotatable bonds is 2. The molecule has 0 radical (unpaired) electrons. The van der Waals surface area contributed by atoms with Gasteiger partial charge in [0.05, 0.1) is 15.3 Å². The normalized spacial score (nSPS) is 10.3. The molecule has 0 aliphatic carbocycles. The fourth-order valence-corrected chi connectivity index (χ4v) is 2.53. The summed E-state index contributed by atoms with van der Waals surface area (Å²) in [5.41, 5.74) is 1.71. The summed E-state index contributed by atoms with van der Waals surface area (Å²) in [6, 6.07) is 5.60. The molecule has 0 aromatic carbocycles. The molecule has 0 atom stereocenters. The van der Waals surface area contributed by atoms with Crippen molar-refractivity contribution in [2.75, 3.05) is 0 Å². The standard InChI is InChI=1S/C10H4N4OS2/c11-3-6-1-2-7(17-6)10-13-9(14-15-10)8-4-12-5-16-8/h1-2,4-5H. The molecule has 0 saturated heterocycles. The highest BCUT2D eigenvalue weighted by Crippen LogP contribution is 2.28. The second-order valence-corrected chi connectivity index (χ2v) is 5.03. The summed E-state index contributed by atoms with van der Waals surface area (Å²) >= 11 is 2.78. The zero-order valence-corrected chi connectivity index (χ0v) is 9.96. The molecule has 3 heterocycles. The average molecular weight is 260 g/mol. The molecule has 0 amide bonds. The van der Waals surface area contributed by atoms with E-state index in [4.69, 9.17) is 9.78 Å². The first-order chi connectivity index (χ1) is 8.36. The van der Waals surface area contributed by atoms with Gasteiger partial charge in [0.2, 0.25) is 5.82 Å². The number of hydrogen-bond donors (Lipinski definition) is 0. The minimum absolute atomic E-state index is 0.430. The summed E-state index contributed by atoms with van der Waals surface area (Å²) in [4.78, 5) is 10.5. The number of nitriles is 1. The van der Waals surface area contributed by atoms with Crippen molar-refractivity contribution in [2.24, 2.45) is 0 Å². The van der Waals surface area contributed by atoms with Crippen molar-refractivity contribution in [3.8, 4) is 27.5 Å². The van der Waals surface area contributed by atoms with Crippen LogP contribution in [0.15, 0.2) is 28.4 Å². The summed E-state index contributed by atoms with van der Waals surface area (Å²) in [7, 11) is 0. The van der Waals surface area contributed by atoms with E-state index in [-0.39, 0.29) is 0 Å². The van der Waals surface area contributed by atoms with Gasteiger partial charge in [-0.25, -0.2) is 0 Å². The van der Waals surface area contributed by atoms with Crippen LogP contribution in [-0.4, -0.2) is 15.1 Å². The predicted octanol–water partition coefficient (Wildman–Crippen LogP) is 2.79. The van der Waals surface area contributed by atoms with E-state index in [1.54, 1.807) is 23.8 Å². The van der Waals surface area contributed by atoms with Crippen molar-refractivity contribution in [3.63, 3.8) is 0 Å². The maximum Gasteiger partial charge on any atom is 0.268 e. The minimum Gasteiger partial charge on any atom is -0.333 e. The quantitative estimate of drug-likeness (QED) is 0.708. The lowest BCUT2D eigenvalue weighted by molar-refractivity contribution is 0.433. The third-order valence-electron chi connectivity index (χ3n) is 2.01. The van der Waals surface area contributed by atoms with E-state index in [1.165, 1.54) is 22.7 Å². The molecule has 3 rings (SSSR count). The zero-order valence-electron chi connectivity index (χ0n) is 8.32. The van der Waals surface area contributed by atoms with Crippen molar-refractivity contribution in [2.45, 2.75) is 0 Å². The molecule has 3 aromatic rings. The van der Waals surface area contributed by atoms with Crippen molar-refractivity contribution in [1.82, 2.24) is 15.1 Å². The molecule has 0 aliphatic rings. The minimum atomic E-state index is 0.430. The van der Waals surface area contributed by atoms with Crippen LogP contribution < -0.4 is 0 Å². The number of hydrogen-bond acceptors (Lipinski definition) is 7. The highest BCUT2D eigenvalue weighted by molar-refractivity contribution is 7.15. The van der Waals surface area contributed by atoms with Crippen molar-refractivity contribution < 1.29 is 4.52 Å². The molecule has 0 saturated carbocycles. The molecule has 0 aliphatic heterocycles. The van der Waals surface area contributed by atoms with Crippen molar-refractivity contribution in [1.29, 1.82) is 5.26 Å². The highest BCUT2D eigenvalue weighted by Gasteiger charge is 2.13. The molecule has 0 unspecified atom stereocenters. The number of thiophene rings is 1. The molecule has 5 nitrogen and oxygen atoms in total. The highest BCUT2D eigenvalue weighted by atomic mass is 32.1. The fraction of sp³-hybridized carbons (Fsp3) is 0. The fourth-order valence-electron chi connectivity index (χ4n) is 1.26. The van der Waals surface area contributed by atoms with Gasteiger partial charge in [-0.05, 0) is 12.1 Å². The molecule has 82 valence electrons. The zero-order chi connectivity index (χ0) is 11.7. The van der Waals surface area contributed by atoms with Crippen LogP contribution >= 0.6 is 22.7 Å². The van der Waals surface area contributed by atoms with E-state index in [2.05, 4.69) is 21.2 Å². The van der Waals surface area contributed by atoms with Gasteiger partial charge in [0, 0.05) is 6.20 Å². The molecule has 17 heavy (non-hydrogen) atoms. The Labute approximate surface area is 104 Å². The molecule has 0 fully saturated rings. The second-order valence-electron chi connectivity index (χ2n) is 3.06. The number of nitrogens with zero attached hydrogens (tertiary/aromatic N) is 4. The van der Waals surface area contributed by atoms with E-state index in [9.17, 15) is 0 Å². The SMILES string of the molecule is N#Cc1ccc(-c2nc(-c3cncs3)no2)s1. The summed E-state index contributed by atoms with van der Waals surface area (Å²) in [5.74, 6) is 0.953. The van der Waals surface area contributed by atoms with Crippen LogP contribution in [0.5, 0.6) is 0 Å². The van der Waals surface area contributed by atoms with E-state index in [1.807, 2.05) is 0 Å². The smallest absolute Gasteiger partial charge is 0.268 e. The third-order valence-corrected chi connectivity index (χ3v) is 3.75. The van der Waals surface area contributed by atoms with Crippen LogP contribution in [0.3, 0.4) is 0 Å². The van der Waals surface area contributed by atoms with Gasteiger partial charge in [0.25, 0.3) is 5.89 Å². The summed E-state index contributed by atoms with van der Waals surface area (Å²) in [6.07, 6.45) is 1.69. The monoisotopic (exact) mass is 260 g/mol. The van der Waals surface area contributed by atoms with Gasteiger partial charge < -0.3 is 4.52 Å². The maximum atomic E-state index is 8.74. The van der Waals surface area contributed by atoms with Crippen LogP contribution in [0.25, 0.3) is 21.5 Å². The average Bonchev–Trinajstić information content (AvgIpc) is 3.09. The molecule has 7 heteroatoms. The lowest BCUT2D eigenvalue weighted by atomic mass is 10.4. The molecule has 0 N–H and O–H groups in total. The predicted molar refractivity (Wildman–Crippen MR) is 63.4 cm³/mol. The Morgan fingerprint density at radius 3 is 2.94 bits per heavy atom. The van der Waals surface area contributed by atoms with Gasteiger partial charge in [-0.15, -0.1) is 22.7 Å². The maximum absolute atomic E-state index is 8.74. The Morgan fingerprint density at radius 2 is 2.24 bits per heavy atom. The van der Waals surface area contributed by atoms with E-state index >= 15 is 0 Å². The van der Waals surface area contributed by atoms with Gasteiger partial charge in [-0.1, -0.05) is 5.16 Å². The third kappa shape index (κ3) is 1.84. The summed E-state index contributed by atoms with van der Waals surface area (Å²) < 4.78 is 5.15. The lowest BCUT2D eigenvalue weighted by Gasteiger charge is -1.83. The van der Waals surface area contributed by atoms with Gasteiger partial charge in [0.1, 0.15) is 10.9 Å². The first kappa shape index (κ1) is 10.1. The second kappa shape index (κ2) is 4.08. The molecular weight excluding hydrogens is 256 g/mol. The Kier molecular flexibility index (Phi) is 2.44. The van der Waals surface area contributed by atoms with E-state index in [0.717, 1.165) is 9.75 Å². The molecule has 0 spiro atoms. The molecule has 0 bridgehead atoms. The van der Waals surface area contributed by atoms with Crippen LogP contribution in [0.1, 0.15) is 4.88 Å². The van der Waals surface area contributed by atoms with Gasteiger partial charge >= 0.3 is 0 Å². The van der Waals surface area contributed by atoms with Crippen LogP contribution in [0.2, 0.25) is 0 Å². The Bertz CT molecular complexity index is 677. The van der Waals surface area contributed by atoms with E-state index < -0.39 is 0 Å².